The van der Waals surface area contributed by atoms with Gasteiger partial charge in [0.15, 0.2) is 0 Å². The summed E-state index contributed by atoms with van der Waals surface area (Å²) in [7, 11) is 0. The highest BCUT2D eigenvalue weighted by atomic mass is 15.2. The van der Waals surface area contributed by atoms with E-state index in [1.54, 1.807) is 0 Å². The van der Waals surface area contributed by atoms with E-state index in [0.717, 1.165) is 48.3 Å². The molecule has 0 saturated heterocycles. The maximum atomic E-state index is 9.93. The second kappa shape index (κ2) is 10.2. The lowest BCUT2D eigenvalue weighted by molar-refractivity contribution is 0.0759. The van der Waals surface area contributed by atoms with Gasteiger partial charge in [0.05, 0.1) is 29.4 Å². The van der Waals surface area contributed by atoms with Crippen LogP contribution in [0.1, 0.15) is 65.1 Å². The largest absolute Gasteiger partial charge is 0.347 e. The number of imidazole rings is 1. The number of nitriles is 1. The van der Waals surface area contributed by atoms with Crippen molar-refractivity contribution in [2.24, 2.45) is 11.7 Å². The number of hydrogen-bond acceptors (Lipinski definition) is 5. The number of H-pyrrole nitrogens is 1. The third-order valence-corrected chi connectivity index (χ3v) is 7.03. The zero-order valence-corrected chi connectivity index (χ0v) is 19.3. The van der Waals surface area contributed by atoms with Gasteiger partial charge in [-0.3, -0.25) is 9.88 Å². The van der Waals surface area contributed by atoms with E-state index in [1.165, 1.54) is 5.56 Å². The first-order chi connectivity index (χ1) is 16.8. The number of rotatable bonds is 7. The number of benzene rings is 1. The molecule has 0 aliphatic heterocycles. The Balaban J connectivity index is 1.62. The Hall–Kier alpha value is -3.53. The number of allylic oxidation sites excluding steroid dienone is 3. The van der Waals surface area contributed by atoms with Crippen LogP contribution in [-0.2, 0) is 19.5 Å². The van der Waals surface area contributed by atoms with E-state index in [-0.39, 0.29) is 18.0 Å². The van der Waals surface area contributed by atoms with Crippen LogP contribution in [0, 0.1) is 17.2 Å². The molecule has 3 aromatic rings. The summed E-state index contributed by atoms with van der Waals surface area (Å²) >= 11 is 0. The van der Waals surface area contributed by atoms with Crippen LogP contribution in [0.2, 0.25) is 0 Å². The van der Waals surface area contributed by atoms with E-state index < -0.39 is 0 Å². The van der Waals surface area contributed by atoms with Gasteiger partial charge in [0, 0.05) is 37.6 Å². The molecule has 34 heavy (non-hydrogen) atoms. The van der Waals surface area contributed by atoms with E-state index in [1.807, 2.05) is 36.8 Å². The van der Waals surface area contributed by atoms with Crippen molar-refractivity contribution in [1.29, 1.82) is 5.26 Å². The van der Waals surface area contributed by atoms with Crippen molar-refractivity contribution in [1.82, 2.24) is 19.9 Å². The lowest BCUT2D eigenvalue weighted by atomic mass is 9.85. The molecule has 0 saturated carbocycles. The van der Waals surface area contributed by atoms with Crippen LogP contribution in [-0.4, -0.2) is 19.9 Å². The van der Waals surface area contributed by atoms with Crippen molar-refractivity contribution in [2.75, 3.05) is 0 Å². The van der Waals surface area contributed by atoms with Crippen LogP contribution in [0.15, 0.2) is 73.2 Å². The molecule has 6 heteroatoms. The molecule has 0 bridgehead atoms. The number of aryl methyl sites for hydroxylation is 1. The van der Waals surface area contributed by atoms with Gasteiger partial charge in [-0.2, -0.15) is 5.26 Å². The lowest BCUT2D eigenvalue weighted by Crippen LogP contribution is -2.39. The predicted octanol–water partition coefficient (Wildman–Crippen LogP) is 4.89. The summed E-state index contributed by atoms with van der Waals surface area (Å²) in [6.45, 7) is 1.06. The minimum Gasteiger partial charge on any atom is -0.347 e. The lowest BCUT2D eigenvalue weighted by Gasteiger charge is -2.42. The molecule has 3 N–H and O–H groups in total. The average molecular weight is 451 g/mol. The zero-order chi connectivity index (χ0) is 23.3. The monoisotopic (exact) mass is 450 g/mol. The van der Waals surface area contributed by atoms with Crippen LogP contribution in [0.4, 0.5) is 0 Å². The fourth-order valence-electron chi connectivity index (χ4n) is 5.38. The fraction of sp³-hybridized carbons (Fsp3) is 0.321. The molecule has 0 radical (unpaired) electrons. The number of fused-ring (bicyclic) bond motifs is 1. The highest BCUT2D eigenvalue weighted by Gasteiger charge is 2.37. The van der Waals surface area contributed by atoms with Gasteiger partial charge >= 0.3 is 0 Å². The number of pyridine rings is 1. The number of nitrogens with two attached hydrogens (primary N) is 1. The number of aromatic nitrogens is 3. The Kier molecular flexibility index (Phi) is 6.66. The molecule has 2 aliphatic rings. The Morgan fingerprint density at radius 1 is 1.21 bits per heavy atom. The van der Waals surface area contributed by atoms with E-state index in [9.17, 15) is 5.26 Å². The second-order valence-electron chi connectivity index (χ2n) is 9.07. The molecule has 0 amide bonds. The van der Waals surface area contributed by atoms with Crippen LogP contribution < -0.4 is 5.73 Å². The quantitative estimate of drug-likeness (QED) is 0.534. The Bertz CT molecular complexity index is 1220. The van der Waals surface area contributed by atoms with Gasteiger partial charge in [-0.25, -0.2) is 4.98 Å². The van der Waals surface area contributed by atoms with Crippen molar-refractivity contribution in [3.8, 4) is 6.07 Å². The van der Waals surface area contributed by atoms with Gasteiger partial charge in [-0.1, -0.05) is 42.5 Å². The summed E-state index contributed by atoms with van der Waals surface area (Å²) in [6.07, 6.45) is 18.5. The summed E-state index contributed by atoms with van der Waals surface area (Å²) in [5.41, 5.74) is 11.0. The van der Waals surface area contributed by atoms with Gasteiger partial charge in [0.2, 0.25) is 0 Å². The van der Waals surface area contributed by atoms with E-state index in [4.69, 9.17) is 15.7 Å². The smallest absolute Gasteiger partial charge is 0.124 e. The van der Waals surface area contributed by atoms with Crippen molar-refractivity contribution in [3.63, 3.8) is 0 Å². The molecular weight excluding hydrogens is 420 g/mol. The van der Waals surface area contributed by atoms with Crippen molar-refractivity contribution >= 4 is 0 Å². The maximum Gasteiger partial charge on any atom is 0.124 e. The molecule has 1 aromatic carbocycles. The molecule has 0 fully saturated rings. The minimum absolute atomic E-state index is 0.0230. The Labute approximate surface area is 200 Å². The second-order valence-corrected chi connectivity index (χ2v) is 9.07. The van der Waals surface area contributed by atoms with E-state index in [0.29, 0.717) is 18.7 Å². The molecule has 2 aliphatic carbocycles. The van der Waals surface area contributed by atoms with Gasteiger partial charge < -0.3 is 10.7 Å². The van der Waals surface area contributed by atoms with E-state index in [2.05, 4.69) is 52.4 Å². The minimum atomic E-state index is 0.0230. The molecule has 2 heterocycles. The third kappa shape index (κ3) is 4.45. The first-order valence-electron chi connectivity index (χ1n) is 12.0. The van der Waals surface area contributed by atoms with Crippen molar-refractivity contribution in [2.45, 2.75) is 50.9 Å². The van der Waals surface area contributed by atoms with Gasteiger partial charge in [-0.15, -0.1) is 0 Å². The molecule has 2 aromatic heterocycles. The Morgan fingerprint density at radius 3 is 2.91 bits per heavy atom. The molecule has 6 nitrogen and oxygen atoms in total. The van der Waals surface area contributed by atoms with Gasteiger partial charge in [0.1, 0.15) is 5.82 Å². The average Bonchev–Trinajstić information content (AvgIpc) is 3.43. The highest BCUT2D eigenvalue weighted by Crippen LogP contribution is 2.43. The van der Waals surface area contributed by atoms with Crippen LogP contribution in [0.25, 0.3) is 0 Å². The highest BCUT2D eigenvalue weighted by molar-refractivity contribution is 5.41. The predicted molar refractivity (Wildman–Crippen MR) is 132 cm³/mol. The number of nitrogens with zero attached hydrogens (tertiary/aromatic N) is 4. The van der Waals surface area contributed by atoms with Crippen LogP contribution in [0.3, 0.4) is 0 Å². The van der Waals surface area contributed by atoms with Crippen molar-refractivity contribution < 1.29 is 0 Å². The third-order valence-electron chi connectivity index (χ3n) is 7.03. The van der Waals surface area contributed by atoms with Crippen LogP contribution in [0.5, 0.6) is 0 Å². The summed E-state index contributed by atoms with van der Waals surface area (Å²) in [5.74, 6) is 1.21. The molecular formula is C28H30N6. The fourth-order valence-corrected chi connectivity index (χ4v) is 5.38. The summed E-state index contributed by atoms with van der Waals surface area (Å²) in [4.78, 5) is 15.5. The molecule has 0 spiro atoms. The molecule has 172 valence electrons. The van der Waals surface area contributed by atoms with Crippen molar-refractivity contribution in [3.05, 3.63) is 107 Å². The Morgan fingerprint density at radius 2 is 2.15 bits per heavy atom. The molecule has 3 atom stereocenters. The first-order valence-corrected chi connectivity index (χ1v) is 12.0. The first kappa shape index (κ1) is 22.3. The number of nitrogens with one attached hydrogen (secondary N) is 1. The molecule has 5 rings (SSSR count). The normalized spacial score (nSPS) is 20.1. The standard InChI is InChI=1S/C28H30N6/c29-17-20-11-12-23(24(16-20)18-30)19-34(25-10-4-8-21-9-5-13-31-26(21)25)27(28-32-14-15-33-28)22-6-2-1-3-7-22/h1-3,5-6,9,11-16,22,25,27H,4,7-8,10,17,19,29H2,(H,32,33). The van der Waals surface area contributed by atoms with E-state index >= 15 is 0 Å². The summed E-state index contributed by atoms with van der Waals surface area (Å²) < 4.78 is 0. The van der Waals surface area contributed by atoms with Gasteiger partial charge in [0.25, 0.3) is 0 Å². The molecule has 3 unspecified atom stereocenters. The maximum absolute atomic E-state index is 9.93. The zero-order valence-electron chi connectivity index (χ0n) is 19.3. The number of hydrogen-bond donors (Lipinski definition) is 2. The van der Waals surface area contributed by atoms with Gasteiger partial charge in [-0.05, 0) is 54.5 Å². The summed E-state index contributed by atoms with van der Waals surface area (Å²) in [5, 5.41) is 9.93. The van der Waals surface area contributed by atoms with Crippen LogP contribution >= 0.6 is 0 Å². The topological polar surface area (TPSA) is 94.6 Å². The summed E-state index contributed by atoms with van der Waals surface area (Å²) in [6, 6.07) is 12.8. The number of aromatic amines is 1. The SMILES string of the molecule is N#Cc1cc(CN)ccc1CN(C1CCCc2cccnc21)C(c1ncc[nH]1)C1C=CC=CC1.